The molecule has 0 heterocycles. The Balaban J connectivity index is 2.05. The molecule has 0 aliphatic heterocycles. The molecule has 0 saturated heterocycles. The van der Waals surface area contributed by atoms with Gasteiger partial charge in [-0.1, -0.05) is 36.4 Å². The molecule has 2 aromatic rings. The molecule has 0 aliphatic rings. The van der Waals surface area contributed by atoms with Gasteiger partial charge >= 0.3 is 0 Å². The van der Waals surface area contributed by atoms with Gasteiger partial charge in [0.05, 0.1) is 0 Å². The van der Waals surface area contributed by atoms with Gasteiger partial charge in [-0.3, -0.25) is 0 Å². The van der Waals surface area contributed by atoms with Crippen molar-refractivity contribution in [2.45, 2.75) is 19.3 Å². The Kier molecular flexibility index (Phi) is 4.20. The summed E-state index contributed by atoms with van der Waals surface area (Å²) >= 11 is 0. The Labute approximate surface area is 107 Å². The lowest BCUT2D eigenvalue weighted by molar-refractivity contribution is -0.0777. The van der Waals surface area contributed by atoms with Crippen LogP contribution in [0.5, 0.6) is 11.5 Å². The van der Waals surface area contributed by atoms with Crippen molar-refractivity contribution in [1.82, 2.24) is 0 Å². The molecule has 0 bridgehead atoms. The van der Waals surface area contributed by atoms with Gasteiger partial charge in [-0.25, -0.2) is 0 Å². The van der Waals surface area contributed by atoms with E-state index in [-0.39, 0.29) is 0 Å². The van der Waals surface area contributed by atoms with Crippen LogP contribution in [0.4, 0.5) is 0 Å². The van der Waals surface area contributed by atoms with E-state index in [4.69, 9.17) is 9.47 Å². The molecule has 1 N–H and O–H groups in total. The maximum atomic E-state index is 9.68. The fraction of sp³-hybridized carbons (Fsp3) is 0.200. The molecule has 0 aromatic heterocycles. The predicted molar refractivity (Wildman–Crippen MR) is 69.6 cm³/mol. The quantitative estimate of drug-likeness (QED) is 0.822. The fourth-order valence-electron chi connectivity index (χ4n) is 1.49. The lowest BCUT2D eigenvalue weighted by Gasteiger charge is -2.22. The van der Waals surface area contributed by atoms with E-state index in [1.807, 2.05) is 60.7 Å². The molecule has 0 saturated carbocycles. The Hall–Kier alpha value is -2.00. The maximum Gasteiger partial charge on any atom is 0.266 e. The third-order valence-electron chi connectivity index (χ3n) is 2.38. The summed E-state index contributed by atoms with van der Waals surface area (Å²) in [6, 6.07) is 18.6. The summed E-state index contributed by atoms with van der Waals surface area (Å²) in [4.78, 5) is 0. The largest absolute Gasteiger partial charge is 0.452 e. The van der Waals surface area contributed by atoms with Gasteiger partial charge in [0.25, 0.3) is 6.29 Å². The number of hydrogen-bond donors (Lipinski definition) is 1. The van der Waals surface area contributed by atoms with Crippen molar-refractivity contribution in [3.63, 3.8) is 0 Å². The maximum absolute atomic E-state index is 9.68. The van der Waals surface area contributed by atoms with Crippen molar-refractivity contribution in [3.05, 3.63) is 60.7 Å². The van der Waals surface area contributed by atoms with Gasteiger partial charge in [0, 0.05) is 0 Å². The van der Waals surface area contributed by atoms with Crippen molar-refractivity contribution in [2.75, 3.05) is 0 Å². The standard InChI is InChI=1S/C15H16O3/c1-12(16)15(17-13-8-4-2-5-9-13)18-14-10-6-3-7-11-14/h2-12,15-16H,1H3. The minimum absolute atomic E-state index is 0.666. The van der Waals surface area contributed by atoms with Gasteiger partial charge in [0.1, 0.15) is 17.6 Å². The highest BCUT2D eigenvalue weighted by atomic mass is 16.7. The number of ether oxygens (including phenoxy) is 2. The van der Waals surface area contributed by atoms with Crippen LogP contribution in [0.15, 0.2) is 60.7 Å². The highest BCUT2D eigenvalue weighted by Crippen LogP contribution is 2.17. The third kappa shape index (κ3) is 3.50. The van der Waals surface area contributed by atoms with Crippen LogP contribution in [-0.2, 0) is 0 Å². The molecule has 18 heavy (non-hydrogen) atoms. The highest BCUT2D eigenvalue weighted by molar-refractivity contribution is 5.23. The van der Waals surface area contributed by atoms with Crippen molar-refractivity contribution >= 4 is 0 Å². The van der Waals surface area contributed by atoms with Crippen LogP contribution in [0.1, 0.15) is 6.92 Å². The lowest BCUT2D eigenvalue weighted by atomic mass is 10.3. The molecule has 1 unspecified atom stereocenters. The van der Waals surface area contributed by atoms with Gasteiger partial charge in [-0.05, 0) is 31.2 Å². The average Bonchev–Trinajstić information content (AvgIpc) is 2.40. The Morgan fingerprint density at radius 3 is 1.50 bits per heavy atom. The topological polar surface area (TPSA) is 38.7 Å². The number of rotatable bonds is 5. The molecule has 94 valence electrons. The van der Waals surface area contributed by atoms with E-state index in [2.05, 4.69) is 0 Å². The molecule has 0 spiro atoms. The summed E-state index contributed by atoms with van der Waals surface area (Å²) in [5.41, 5.74) is 0. The third-order valence-corrected chi connectivity index (χ3v) is 2.38. The smallest absolute Gasteiger partial charge is 0.266 e. The molecule has 0 radical (unpaired) electrons. The van der Waals surface area contributed by atoms with E-state index < -0.39 is 12.4 Å². The lowest BCUT2D eigenvalue weighted by Crippen LogP contribution is -2.35. The summed E-state index contributed by atoms with van der Waals surface area (Å²) in [6.45, 7) is 1.64. The monoisotopic (exact) mass is 244 g/mol. The summed E-state index contributed by atoms with van der Waals surface area (Å²) in [6.07, 6.45) is -1.46. The number of hydrogen-bond acceptors (Lipinski definition) is 3. The summed E-state index contributed by atoms with van der Waals surface area (Å²) in [5, 5.41) is 9.68. The van der Waals surface area contributed by atoms with E-state index in [0.29, 0.717) is 11.5 Å². The van der Waals surface area contributed by atoms with E-state index in [9.17, 15) is 5.11 Å². The van der Waals surface area contributed by atoms with E-state index in [1.54, 1.807) is 6.92 Å². The number of aliphatic hydroxyl groups is 1. The van der Waals surface area contributed by atoms with E-state index in [0.717, 1.165) is 0 Å². The molecule has 2 aromatic carbocycles. The Morgan fingerprint density at radius 2 is 1.17 bits per heavy atom. The first-order chi connectivity index (χ1) is 8.75. The normalized spacial score (nSPS) is 12.2. The second-order valence-electron chi connectivity index (χ2n) is 3.97. The van der Waals surface area contributed by atoms with Crippen LogP contribution in [0.2, 0.25) is 0 Å². The van der Waals surface area contributed by atoms with Crippen LogP contribution >= 0.6 is 0 Å². The number of aliphatic hydroxyl groups excluding tert-OH is 1. The summed E-state index contributed by atoms with van der Waals surface area (Å²) < 4.78 is 11.2. The zero-order valence-corrected chi connectivity index (χ0v) is 10.2. The van der Waals surface area contributed by atoms with Crippen LogP contribution in [0.25, 0.3) is 0 Å². The molecule has 3 heteroatoms. The molecule has 3 nitrogen and oxygen atoms in total. The van der Waals surface area contributed by atoms with Gasteiger partial charge in [0.2, 0.25) is 0 Å². The molecular formula is C15H16O3. The minimum Gasteiger partial charge on any atom is -0.452 e. The number of para-hydroxylation sites is 2. The van der Waals surface area contributed by atoms with Crippen LogP contribution in [-0.4, -0.2) is 17.5 Å². The second kappa shape index (κ2) is 6.07. The van der Waals surface area contributed by atoms with Gasteiger partial charge in [-0.2, -0.15) is 0 Å². The van der Waals surface area contributed by atoms with Gasteiger partial charge in [0.15, 0.2) is 0 Å². The van der Waals surface area contributed by atoms with Gasteiger partial charge in [-0.15, -0.1) is 0 Å². The van der Waals surface area contributed by atoms with Crippen molar-refractivity contribution < 1.29 is 14.6 Å². The average molecular weight is 244 g/mol. The molecule has 0 amide bonds. The molecule has 0 fully saturated rings. The van der Waals surface area contributed by atoms with Crippen molar-refractivity contribution in [2.24, 2.45) is 0 Å². The predicted octanol–water partition coefficient (Wildman–Crippen LogP) is 2.85. The second-order valence-corrected chi connectivity index (χ2v) is 3.97. The van der Waals surface area contributed by atoms with Gasteiger partial charge < -0.3 is 14.6 Å². The van der Waals surface area contributed by atoms with Crippen molar-refractivity contribution in [1.29, 1.82) is 0 Å². The first-order valence-electron chi connectivity index (χ1n) is 5.87. The van der Waals surface area contributed by atoms with Crippen LogP contribution < -0.4 is 9.47 Å². The first kappa shape index (κ1) is 12.5. The highest BCUT2D eigenvalue weighted by Gasteiger charge is 2.18. The minimum atomic E-state index is -0.731. The fourth-order valence-corrected chi connectivity index (χ4v) is 1.49. The number of benzene rings is 2. The van der Waals surface area contributed by atoms with E-state index >= 15 is 0 Å². The van der Waals surface area contributed by atoms with Crippen molar-refractivity contribution in [3.8, 4) is 11.5 Å². The Morgan fingerprint density at radius 1 is 0.778 bits per heavy atom. The molecule has 1 atom stereocenters. The zero-order valence-electron chi connectivity index (χ0n) is 10.2. The SMILES string of the molecule is CC(O)C(Oc1ccccc1)Oc1ccccc1. The van der Waals surface area contributed by atoms with Crippen LogP contribution in [0, 0.1) is 0 Å². The summed E-state index contributed by atoms with van der Waals surface area (Å²) in [7, 11) is 0. The first-order valence-corrected chi connectivity index (χ1v) is 5.87. The summed E-state index contributed by atoms with van der Waals surface area (Å²) in [5.74, 6) is 1.33. The molecular weight excluding hydrogens is 228 g/mol. The molecule has 2 rings (SSSR count). The molecule has 0 aliphatic carbocycles. The van der Waals surface area contributed by atoms with Crippen LogP contribution in [0.3, 0.4) is 0 Å². The van der Waals surface area contributed by atoms with E-state index in [1.165, 1.54) is 0 Å². The Bertz CT molecular complexity index is 412. The zero-order chi connectivity index (χ0) is 12.8.